The van der Waals surface area contributed by atoms with Gasteiger partial charge in [0.05, 0.1) is 0 Å². The SMILES string of the molecule is NCc1ccc2nnc(-c3cccc(Cl)c3)n2c1. The van der Waals surface area contributed by atoms with Crippen LogP contribution in [0.15, 0.2) is 42.6 Å². The fraction of sp³-hybridized carbons (Fsp3) is 0.0769. The van der Waals surface area contributed by atoms with Crippen molar-refractivity contribution in [2.75, 3.05) is 0 Å². The van der Waals surface area contributed by atoms with Gasteiger partial charge in [-0.25, -0.2) is 0 Å². The van der Waals surface area contributed by atoms with E-state index in [-0.39, 0.29) is 0 Å². The zero-order valence-corrected chi connectivity index (χ0v) is 10.3. The molecule has 0 spiro atoms. The molecule has 0 saturated heterocycles. The molecule has 0 aliphatic carbocycles. The van der Waals surface area contributed by atoms with Gasteiger partial charge in [-0.3, -0.25) is 4.40 Å². The van der Waals surface area contributed by atoms with Crippen LogP contribution in [0.3, 0.4) is 0 Å². The van der Waals surface area contributed by atoms with E-state index in [1.165, 1.54) is 0 Å². The van der Waals surface area contributed by atoms with E-state index in [9.17, 15) is 0 Å². The van der Waals surface area contributed by atoms with E-state index in [1.54, 1.807) is 0 Å². The summed E-state index contributed by atoms with van der Waals surface area (Å²) in [6, 6.07) is 11.4. The van der Waals surface area contributed by atoms with Crippen molar-refractivity contribution >= 4 is 17.2 Å². The maximum atomic E-state index is 5.99. The van der Waals surface area contributed by atoms with Crippen LogP contribution in [0.25, 0.3) is 17.0 Å². The van der Waals surface area contributed by atoms with Crippen LogP contribution in [0.1, 0.15) is 5.56 Å². The Balaban J connectivity index is 2.22. The minimum atomic E-state index is 0.489. The Morgan fingerprint density at radius 1 is 1.17 bits per heavy atom. The van der Waals surface area contributed by atoms with Crippen molar-refractivity contribution in [2.24, 2.45) is 5.73 Å². The van der Waals surface area contributed by atoms with E-state index in [0.29, 0.717) is 11.6 Å². The number of rotatable bonds is 2. The van der Waals surface area contributed by atoms with E-state index >= 15 is 0 Å². The molecule has 0 unspecified atom stereocenters. The van der Waals surface area contributed by atoms with Crippen LogP contribution >= 0.6 is 11.6 Å². The van der Waals surface area contributed by atoms with E-state index in [1.807, 2.05) is 47.0 Å². The number of nitrogens with zero attached hydrogens (tertiary/aromatic N) is 3. The fourth-order valence-corrected chi connectivity index (χ4v) is 2.07. The van der Waals surface area contributed by atoms with Crippen molar-refractivity contribution < 1.29 is 0 Å². The Morgan fingerprint density at radius 3 is 2.83 bits per heavy atom. The van der Waals surface area contributed by atoms with Crippen LogP contribution < -0.4 is 5.73 Å². The van der Waals surface area contributed by atoms with Gasteiger partial charge in [0.2, 0.25) is 0 Å². The molecule has 0 radical (unpaired) electrons. The van der Waals surface area contributed by atoms with Crippen molar-refractivity contribution in [1.82, 2.24) is 14.6 Å². The Hall–Kier alpha value is -1.91. The van der Waals surface area contributed by atoms with Gasteiger partial charge < -0.3 is 5.73 Å². The summed E-state index contributed by atoms with van der Waals surface area (Å²) in [6.07, 6.45) is 1.95. The molecule has 0 aliphatic heterocycles. The third-order valence-corrected chi connectivity index (χ3v) is 3.02. The summed E-state index contributed by atoms with van der Waals surface area (Å²) in [5.41, 5.74) is 8.41. The molecule has 18 heavy (non-hydrogen) atoms. The molecule has 0 amide bonds. The van der Waals surface area contributed by atoms with Crippen molar-refractivity contribution in [3.63, 3.8) is 0 Å². The van der Waals surface area contributed by atoms with Gasteiger partial charge in [-0.2, -0.15) is 0 Å². The van der Waals surface area contributed by atoms with Crippen molar-refractivity contribution in [1.29, 1.82) is 0 Å². The van der Waals surface area contributed by atoms with Gasteiger partial charge >= 0.3 is 0 Å². The summed E-state index contributed by atoms with van der Waals surface area (Å²) in [5, 5.41) is 9.00. The predicted octanol–water partition coefficient (Wildman–Crippen LogP) is 2.51. The molecule has 0 saturated carbocycles. The average molecular weight is 259 g/mol. The highest BCUT2D eigenvalue weighted by atomic mass is 35.5. The number of hydrogen-bond acceptors (Lipinski definition) is 3. The minimum Gasteiger partial charge on any atom is -0.326 e. The first-order valence-corrected chi connectivity index (χ1v) is 5.95. The highest BCUT2D eigenvalue weighted by Gasteiger charge is 2.08. The minimum absolute atomic E-state index is 0.489. The summed E-state index contributed by atoms with van der Waals surface area (Å²) in [5.74, 6) is 0.766. The lowest BCUT2D eigenvalue weighted by Gasteiger charge is -2.02. The number of nitrogens with two attached hydrogens (primary N) is 1. The number of aromatic nitrogens is 3. The maximum absolute atomic E-state index is 5.99. The van der Waals surface area contributed by atoms with Gasteiger partial charge in [-0.15, -0.1) is 10.2 Å². The number of fused-ring (bicyclic) bond motifs is 1. The lowest BCUT2D eigenvalue weighted by molar-refractivity contribution is 1.03. The van der Waals surface area contributed by atoms with Gasteiger partial charge in [-0.1, -0.05) is 29.8 Å². The van der Waals surface area contributed by atoms with E-state index < -0.39 is 0 Å². The first kappa shape index (κ1) is 11.2. The number of hydrogen-bond donors (Lipinski definition) is 1. The molecule has 2 heterocycles. The molecule has 4 nitrogen and oxygen atoms in total. The molecule has 2 N–H and O–H groups in total. The molecule has 0 fully saturated rings. The Labute approximate surface area is 109 Å². The Bertz CT molecular complexity index is 705. The van der Waals surface area contributed by atoms with E-state index in [0.717, 1.165) is 22.6 Å². The quantitative estimate of drug-likeness (QED) is 0.768. The second kappa shape index (κ2) is 4.40. The summed E-state index contributed by atoms with van der Waals surface area (Å²) < 4.78 is 1.92. The highest BCUT2D eigenvalue weighted by molar-refractivity contribution is 6.30. The summed E-state index contributed by atoms with van der Waals surface area (Å²) in [6.45, 7) is 0.489. The molecule has 2 aromatic heterocycles. The summed E-state index contributed by atoms with van der Waals surface area (Å²) in [7, 11) is 0. The van der Waals surface area contributed by atoms with Gasteiger partial charge in [0.15, 0.2) is 11.5 Å². The summed E-state index contributed by atoms with van der Waals surface area (Å²) >= 11 is 5.99. The standard InChI is InChI=1S/C13H11ClN4/c14-11-3-1-2-10(6-11)13-17-16-12-5-4-9(7-15)8-18(12)13/h1-6,8H,7,15H2. The van der Waals surface area contributed by atoms with Gasteiger partial charge in [-0.05, 0) is 23.8 Å². The second-order valence-electron chi connectivity index (χ2n) is 4.00. The van der Waals surface area contributed by atoms with E-state index in [2.05, 4.69) is 10.2 Å². The number of pyridine rings is 1. The van der Waals surface area contributed by atoms with Crippen LogP contribution in [0.2, 0.25) is 5.02 Å². The molecule has 0 aliphatic rings. The average Bonchev–Trinajstić information content (AvgIpc) is 2.81. The van der Waals surface area contributed by atoms with Crippen LogP contribution in [-0.4, -0.2) is 14.6 Å². The maximum Gasteiger partial charge on any atom is 0.168 e. The molecule has 3 aromatic rings. The zero-order valence-electron chi connectivity index (χ0n) is 9.55. The van der Waals surface area contributed by atoms with E-state index in [4.69, 9.17) is 17.3 Å². The lowest BCUT2D eigenvalue weighted by atomic mass is 10.2. The van der Waals surface area contributed by atoms with Crippen molar-refractivity contribution in [3.05, 3.63) is 53.2 Å². The largest absolute Gasteiger partial charge is 0.326 e. The highest BCUT2D eigenvalue weighted by Crippen LogP contribution is 2.22. The fourth-order valence-electron chi connectivity index (χ4n) is 1.88. The van der Waals surface area contributed by atoms with Crippen LogP contribution in [0.5, 0.6) is 0 Å². The Morgan fingerprint density at radius 2 is 2.06 bits per heavy atom. The second-order valence-corrected chi connectivity index (χ2v) is 4.44. The smallest absolute Gasteiger partial charge is 0.168 e. The molecule has 0 atom stereocenters. The van der Waals surface area contributed by atoms with Crippen LogP contribution in [0, 0.1) is 0 Å². The van der Waals surface area contributed by atoms with Gasteiger partial charge in [0.1, 0.15) is 0 Å². The normalized spacial score (nSPS) is 11.0. The predicted molar refractivity (Wildman–Crippen MR) is 71.3 cm³/mol. The van der Waals surface area contributed by atoms with Gasteiger partial charge in [0, 0.05) is 23.3 Å². The molecule has 90 valence electrons. The topological polar surface area (TPSA) is 56.2 Å². The molecule has 0 bridgehead atoms. The molecule has 5 heteroatoms. The summed E-state index contributed by atoms with van der Waals surface area (Å²) in [4.78, 5) is 0. The van der Waals surface area contributed by atoms with Crippen molar-refractivity contribution in [3.8, 4) is 11.4 Å². The third kappa shape index (κ3) is 1.85. The number of benzene rings is 1. The molecular weight excluding hydrogens is 248 g/mol. The van der Waals surface area contributed by atoms with Gasteiger partial charge in [0.25, 0.3) is 0 Å². The molecule has 1 aromatic carbocycles. The van der Waals surface area contributed by atoms with Crippen molar-refractivity contribution in [2.45, 2.75) is 6.54 Å². The lowest BCUT2D eigenvalue weighted by Crippen LogP contribution is -1.99. The Kier molecular flexibility index (Phi) is 2.74. The van der Waals surface area contributed by atoms with Crippen LogP contribution in [-0.2, 0) is 6.54 Å². The first-order valence-electron chi connectivity index (χ1n) is 5.57. The zero-order chi connectivity index (χ0) is 12.5. The van der Waals surface area contributed by atoms with Crippen LogP contribution in [0.4, 0.5) is 0 Å². The molecule has 3 rings (SSSR count). The first-order chi connectivity index (χ1) is 8.78. The number of halogens is 1. The monoisotopic (exact) mass is 258 g/mol. The molecular formula is C13H11ClN4. The third-order valence-electron chi connectivity index (χ3n) is 2.78.